The molecule has 6 heteroatoms. The maximum absolute atomic E-state index is 13.3. The Balaban J connectivity index is 2.32. The number of aromatic nitrogens is 3. The molecule has 1 heterocycles. The molecule has 0 radical (unpaired) electrons. The molecule has 0 aliphatic rings. The number of hydrogen-bond donors (Lipinski definition) is 0. The van der Waals surface area contributed by atoms with Crippen LogP contribution in [0, 0.1) is 5.82 Å². The zero-order chi connectivity index (χ0) is 10.7. The van der Waals surface area contributed by atoms with Gasteiger partial charge in [0.2, 0.25) is 0 Å². The molecule has 76 valence electrons. The van der Waals surface area contributed by atoms with E-state index < -0.39 is 5.82 Å². The first-order valence-corrected chi connectivity index (χ1v) is 4.48. The molecular weight excluding hydrogens is 219 g/mol. The predicted octanol–water partition coefficient (Wildman–Crippen LogP) is 1.95. The summed E-state index contributed by atoms with van der Waals surface area (Å²) in [4.78, 5) is 0. The lowest BCUT2D eigenvalue weighted by Crippen LogP contribution is -1.92. The van der Waals surface area contributed by atoms with Gasteiger partial charge in [-0.2, -0.15) is 5.10 Å². The minimum atomic E-state index is -0.417. The molecule has 0 N–H and O–H groups in total. The van der Waals surface area contributed by atoms with Crippen molar-refractivity contribution in [2.75, 3.05) is 0 Å². The maximum atomic E-state index is 13.3. The first-order valence-electron chi connectivity index (χ1n) is 4.10. The third kappa shape index (κ3) is 2.19. The Bertz CT molecular complexity index is 461. The molecule has 0 aliphatic heterocycles. The van der Waals surface area contributed by atoms with Gasteiger partial charge in [0.05, 0.1) is 11.2 Å². The van der Waals surface area contributed by atoms with Gasteiger partial charge >= 0.3 is 0 Å². The monoisotopic (exact) mass is 224 g/mol. The zero-order valence-electron chi connectivity index (χ0n) is 7.51. The first-order chi connectivity index (χ1) is 7.27. The Labute approximate surface area is 90.0 Å². The minimum Gasteiger partial charge on any atom is -0.208 e. The van der Waals surface area contributed by atoms with E-state index in [1.807, 2.05) is 0 Å². The van der Waals surface area contributed by atoms with Crippen LogP contribution < -0.4 is 0 Å². The van der Waals surface area contributed by atoms with E-state index in [4.69, 9.17) is 11.6 Å². The Morgan fingerprint density at radius 2 is 2.07 bits per heavy atom. The first kappa shape index (κ1) is 9.79. The molecule has 2 aromatic rings. The Morgan fingerprint density at radius 1 is 1.33 bits per heavy atom. The third-order valence-electron chi connectivity index (χ3n) is 1.73. The fraction of sp³-hybridized carbons (Fsp3) is 0. The van der Waals surface area contributed by atoms with Crippen LogP contribution in [0.25, 0.3) is 0 Å². The summed E-state index contributed by atoms with van der Waals surface area (Å²) in [6.07, 6.45) is 4.11. The van der Waals surface area contributed by atoms with Gasteiger partial charge in [-0.25, -0.2) is 9.07 Å². The van der Waals surface area contributed by atoms with Crippen molar-refractivity contribution >= 4 is 17.8 Å². The van der Waals surface area contributed by atoms with Gasteiger partial charge in [-0.05, 0) is 12.1 Å². The summed E-state index contributed by atoms with van der Waals surface area (Å²) < 4.78 is 14.6. The normalized spacial score (nSPS) is 11.1. The molecule has 0 bridgehead atoms. The second kappa shape index (κ2) is 4.18. The highest BCUT2D eigenvalue weighted by atomic mass is 35.5. The van der Waals surface area contributed by atoms with E-state index in [1.54, 1.807) is 6.07 Å². The lowest BCUT2D eigenvalue weighted by atomic mass is 10.2. The van der Waals surface area contributed by atoms with Crippen LogP contribution >= 0.6 is 11.6 Å². The third-order valence-corrected chi connectivity index (χ3v) is 2.06. The molecule has 0 aliphatic carbocycles. The van der Waals surface area contributed by atoms with Crippen molar-refractivity contribution in [1.82, 2.24) is 14.9 Å². The van der Waals surface area contributed by atoms with Gasteiger partial charge in [0.15, 0.2) is 0 Å². The standard InChI is InChI=1S/C9H6ClFN4/c10-8-2-1-3-9(11)7(8)4-14-15-5-12-13-6-15/h1-6H/b14-4-. The lowest BCUT2D eigenvalue weighted by Gasteiger charge is -1.98. The number of rotatable bonds is 2. The van der Waals surface area contributed by atoms with Gasteiger partial charge in [-0.15, -0.1) is 10.2 Å². The molecule has 4 nitrogen and oxygen atoms in total. The fourth-order valence-corrected chi connectivity index (χ4v) is 1.23. The molecule has 0 atom stereocenters. The van der Waals surface area contributed by atoms with Gasteiger partial charge in [-0.3, -0.25) is 0 Å². The molecule has 0 spiro atoms. The zero-order valence-corrected chi connectivity index (χ0v) is 8.26. The van der Waals surface area contributed by atoms with Crippen LogP contribution in [-0.2, 0) is 0 Å². The SMILES string of the molecule is Fc1cccc(Cl)c1/C=N\n1cnnc1. The highest BCUT2D eigenvalue weighted by molar-refractivity contribution is 6.33. The number of nitrogens with zero attached hydrogens (tertiary/aromatic N) is 4. The van der Waals surface area contributed by atoms with Crippen molar-refractivity contribution < 1.29 is 4.39 Å². The molecule has 2 rings (SSSR count). The quantitative estimate of drug-likeness (QED) is 0.732. The topological polar surface area (TPSA) is 43.1 Å². The van der Waals surface area contributed by atoms with Crippen molar-refractivity contribution in [3.05, 3.63) is 47.3 Å². The highest BCUT2D eigenvalue weighted by Crippen LogP contribution is 2.16. The van der Waals surface area contributed by atoms with Gasteiger partial charge in [0, 0.05) is 5.56 Å². The van der Waals surface area contributed by atoms with Gasteiger partial charge < -0.3 is 0 Å². The molecule has 1 aromatic carbocycles. The van der Waals surface area contributed by atoms with E-state index in [-0.39, 0.29) is 5.56 Å². The summed E-state index contributed by atoms with van der Waals surface area (Å²) in [6, 6.07) is 4.45. The fourth-order valence-electron chi connectivity index (χ4n) is 1.01. The highest BCUT2D eigenvalue weighted by Gasteiger charge is 2.03. The Hall–Kier alpha value is -1.75. The van der Waals surface area contributed by atoms with Crippen molar-refractivity contribution in [1.29, 1.82) is 0 Å². The summed E-state index contributed by atoms with van der Waals surface area (Å²) in [5.41, 5.74) is 0.243. The Morgan fingerprint density at radius 3 is 2.73 bits per heavy atom. The van der Waals surface area contributed by atoms with E-state index in [2.05, 4.69) is 15.3 Å². The molecule has 0 fully saturated rings. The molecule has 1 aromatic heterocycles. The van der Waals surface area contributed by atoms with Crippen LogP contribution in [0.5, 0.6) is 0 Å². The van der Waals surface area contributed by atoms with Crippen LogP contribution in [0.2, 0.25) is 5.02 Å². The van der Waals surface area contributed by atoms with E-state index in [0.29, 0.717) is 5.02 Å². The van der Waals surface area contributed by atoms with Gasteiger partial charge in [0.1, 0.15) is 18.5 Å². The largest absolute Gasteiger partial charge is 0.208 e. The molecule has 0 unspecified atom stereocenters. The van der Waals surface area contributed by atoms with Crippen LogP contribution in [0.3, 0.4) is 0 Å². The molecular formula is C9H6ClFN4. The van der Waals surface area contributed by atoms with Crippen molar-refractivity contribution in [2.24, 2.45) is 5.10 Å². The summed E-state index contributed by atoms with van der Waals surface area (Å²) in [6.45, 7) is 0. The van der Waals surface area contributed by atoms with Crippen molar-refractivity contribution in [3.63, 3.8) is 0 Å². The van der Waals surface area contributed by atoms with Gasteiger partial charge in [0.25, 0.3) is 0 Å². The minimum absolute atomic E-state index is 0.243. The van der Waals surface area contributed by atoms with Crippen LogP contribution in [-0.4, -0.2) is 21.1 Å². The van der Waals surface area contributed by atoms with Crippen LogP contribution in [0.4, 0.5) is 4.39 Å². The van der Waals surface area contributed by atoms with Crippen molar-refractivity contribution in [3.8, 4) is 0 Å². The Kier molecular flexibility index (Phi) is 2.73. The number of hydrogen-bond acceptors (Lipinski definition) is 3. The summed E-state index contributed by atoms with van der Waals surface area (Å²) in [7, 11) is 0. The lowest BCUT2D eigenvalue weighted by molar-refractivity contribution is 0.625. The molecule has 0 saturated heterocycles. The number of halogens is 2. The summed E-state index contributed by atoms with van der Waals surface area (Å²) in [5.74, 6) is -0.417. The summed E-state index contributed by atoms with van der Waals surface area (Å²) in [5, 5.41) is 11.3. The van der Waals surface area contributed by atoms with E-state index >= 15 is 0 Å². The van der Waals surface area contributed by atoms with E-state index in [1.165, 1.54) is 35.7 Å². The van der Waals surface area contributed by atoms with Gasteiger partial charge in [-0.1, -0.05) is 17.7 Å². The predicted molar refractivity (Wildman–Crippen MR) is 54.4 cm³/mol. The molecule has 15 heavy (non-hydrogen) atoms. The number of benzene rings is 1. The average molecular weight is 225 g/mol. The van der Waals surface area contributed by atoms with E-state index in [9.17, 15) is 4.39 Å². The second-order valence-electron chi connectivity index (χ2n) is 2.72. The van der Waals surface area contributed by atoms with Crippen LogP contribution in [0.15, 0.2) is 36.0 Å². The second-order valence-corrected chi connectivity index (χ2v) is 3.13. The summed E-state index contributed by atoms with van der Waals surface area (Å²) >= 11 is 5.80. The maximum Gasteiger partial charge on any atom is 0.141 e. The van der Waals surface area contributed by atoms with E-state index in [0.717, 1.165) is 0 Å². The average Bonchev–Trinajstić information content (AvgIpc) is 2.70. The van der Waals surface area contributed by atoms with Crippen LogP contribution in [0.1, 0.15) is 5.56 Å². The van der Waals surface area contributed by atoms with Crippen molar-refractivity contribution in [2.45, 2.75) is 0 Å². The smallest absolute Gasteiger partial charge is 0.141 e. The molecule has 0 amide bonds. The molecule has 0 saturated carbocycles.